The van der Waals surface area contributed by atoms with Crippen molar-refractivity contribution in [2.45, 2.75) is 44.1 Å². The van der Waals surface area contributed by atoms with E-state index in [4.69, 9.17) is 4.74 Å². The first kappa shape index (κ1) is 19.7. The predicted octanol–water partition coefficient (Wildman–Crippen LogP) is 4.01. The topological polar surface area (TPSA) is 58.6 Å². The van der Waals surface area contributed by atoms with Crippen molar-refractivity contribution in [1.82, 2.24) is 0 Å². The van der Waals surface area contributed by atoms with Crippen molar-refractivity contribution in [3.8, 4) is 0 Å². The smallest absolute Gasteiger partial charge is 0.261 e. The molecule has 1 aliphatic heterocycles. The highest BCUT2D eigenvalue weighted by molar-refractivity contribution is 7.92. The maximum absolute atomic E-state index is 12.7. The molecule has 0 spiro atoms. The van der Waals surface area contributed by atoms with E-state index in [9.17, 15) is 8.42 Å². The summed E-state index contributed by atoms with van der Waals surface area (Å²) in [5.74, 6) is 0. The Bertz CT molecular complexity index is 869. The standard InChI is InChI=1S/C21H28N2O3S/c1-16-15-23(13-14-26-16)19-9-7-18(8-10-19)22-27(24,25)20-11-5-17(6-12-20)21(2,3)4/h5-12,16,22H,13-15H2,1-4H3. The molecule has 1 fully saturated rings. The number of nitrogens with zero attached hydrogens (tertiary/aromatic N) is 1. The maximum atomic E-state index is 12.7. The molecule has 1 unspecified atom stereocenters. The number of ether oxygens (including phenoxy) is 1. The summed E-state index contributed by atoms with van der Waals surface area (Å²) >= 11 is 0. The van der Waals surface area contributed by atoms with Crippen LogP contribution in [0.5, 0.6) is 0 Å². The number of nitrogens with one attached hydrogen (secondary N) is 1. The molecule has 6 heteroatoms. The maximum Gasteiger partial charge on any atom is 0.261 e. The molecule has 5 nitrogen and oxygen atoms in total. The average molecular weight is 389 g/mol. The lowest BCUT2D eigenvalue weighted by molar-refractivity contribution is 0.0532. The summed E-state index contributed by atoms with van der Waals surface area (Å²) in [6.07, 6.45) is 0.202. The third kappa shape index (κ3) is 4.82. The van der Waals surface area contributed by atoms with Gasteiger partial charge in [-0.15, -0.1) is 0 Å². The summed E-state index contributed by atoms with van der Waals surface area (Å²) in [7, 11) is -3.61. The third-order valence-electron chi connectivity index (χ3n) is 4.76. The van der Waals surface area contributed by atoms with Gasteiger partial charge in [0.1, 0.15) is 0 Å². The average Bonchev–Trinajstić information content (AvgIpc) is 2.61. The van der Waals surface area contributed by atoms with Crippen LogP contribution in [0.3, 0.4) is 0 Å². The number of morpholine rings is 1. The Morgan fingerprint density at radius 1 is 1.04 bits per heavy atom. The Morgan fingerprint density at radius 3 is 2.22 bits per heavy atom. The van der Waals surface area contributed by atoms with Crippen molar-refractivity contribution in [1.29, 1.82) is 0 Å². The molecule has 2 aromatic rings. The van der Waals surface area contributed by atoms with Gasteiger partial charge in [-0.2, -0.15) is 0 Å². The zero-order chi connectivity index (χ0) is 19.7. The van der Waals surface area contributed by atoms with Crippen LogP contribution in [0.2, 0.25) is 0 Å². The molecule has 0 aromatic heterocycles. The van der Waals surface area contributed by atoms with Crippen LogP contribution >= 0.6 is 0 Å². The lowest BCUT2D eigenvalue weighted by Gasteiger charge is -2.33. The van der Waals surface area contributed by atoms with E-state index in [1.807, 2.05) is 24.3 Å². The van der Waals surface area contributed by atoms with E-state index in [0.29, 0.717) is 12.3 Å². The van der Waals surface area contributed by atoms with Gasteiger partial charge in [0, 0.05) is 24.5 Å². The van der Waals surface area contributed by atoms with Crippen LogP contribution in [0.4, 0.5) is 11.4 Å². The first-order valence-corrected chi connectivity index (χ1v) is 10.7. The SMILES string of the molecule is CC1CN(c2ccc(NS(=O)(=O)c3ccc(C(C)(C)C)cc3)cc2)CCO1. The van der Waals surface area contributed by atoms with Crippen molar-refractivity contribution < 1.29 is 13.2 Å². The van der Waals surface area contributed by atoms with Crippen LogP contribution in [0.25, 0.3) is 0 Å². The highest BCUT2D eigenvalue weighted by Gasteiger charge is 2.19. The number of rotatable bonds is 4. The monoisotopic (exact) mass is 388 g/mol. The van der Waals surface area contributed by atoms with Crippen molar-refractivity contribution >= 4 is 21.4 Å². The molecule has 1 aliphatic rings. The zero-order valence-electron chi connectivity index (χ0n) is 16.4. The van der Waals surface area contributed by atoms with Gasteiger partial charge in [0.05, 0.1) is 17.6 Å². The minimum atomic E-state index is -3.61. The summed E-state index contributed by atoms with van der Waals surface area (Å²) in [4.78, 5) is 2.51. The number of benzene rings is 2. The fourth-order valence-electron chi connectivity index (χ4n) is 3.14. The molecule has 0 radical (unpaired) electrons. The summed E-state index contributed by atoms with van der Waals surface area (Å²) in [5, 5.41) is 0. The van der Waals surface area contributed by atoms with Crippen LogP contribution in [0, 0.1) is 0 Å². The van der Waals surface area contributed by atoms with Crippen molar-refractivity contribution in [2.75, 3.05) is 29.3 Å². The van der Waals surface area contributed by atoms with Gasteiger partial charge in [0.15, 0.2) is 0 Å². The molecular weight excluding hydrogens is 360 g/mol. The second-order valence-corrected chi connectivity index (χ2v) is 9.74. The molecule has 27 heavy (non-hydrogen) atoms. The van der Waals surface area contributed by atoms with Gasteiger partial charge in [-0.05, 0) is 54.3 Å². The first-order valence-electron chi connectivity index (χ1n) is 9.25. The van der Waals surface area contributed by atoms with Crippen LogP contribution in [0.15, 0.2) is 53.4 Å². The molecule has 0 aliphatic carbocycles. The van der Waals surface area contributed by atoms with Gasteiger partial charge in [-0.3, -0.25) is 4.72 Å². The first-order chi connectivity index (χ1) is 12.6. The molecule has 1 atom stereocenters. The largest absolute Gasteiger partial charge is 0.375 e. The Morgan fingerprint density at radius 2 is 1.67 bits per heavy atom. The van der Waals surface area contributed by atoms with E-state index in [0.717, 1.165) is 24.3 Å². The van der Waals surface area contributed by atoms with E-state index >= 15 is 0 Å². The van der Waals surface area contributed by atoms with Crippen molar-refractivity contribution in [3.05, 3.63) is 54.1 Å². The third-order valence-corrected chi connectivity index (χ3v) is 6.15. The summed E-state index contributed by atoms with van der Waals surface area (Å²) in [6.45, 7) is 10.8. The molecule has 0 bridgehead atoms. The quantitative estimate of drug-likeness (QED) is 0.860. The Balaban J connectivity index is 1.72. The summed E-state index contributed by atoms with van der Waals surface area (Å²) < 4.78 is 33.5. The normalized spacial score (nSPS) is 18.4. The van der Waals surface area contributed by atoms with Crippen molar-refractivity contribution in [2.24, 2.45) is 0 Å². The second-order valence-electron chi connectivity index (χ2n) is 8.05. The van der Waals surface area contributed by atoms with Gasteiger partial charge < -0.3 is 9.64 Å². The summed E-state index contributed by atoms with van der Waals surface area (Å²) in [6, 6.07) is 14.6. The molecule has 1 saturated heterocycles. The number of hydrogen-bond acceptors (Lipinski definition) is 4. The molecule has 0 amide bonds. The molecule has 2 aromatic carbocycles. The van der Waals surface area contributed by atoms with Crippen LogP contribution in [0.1, 0.15) is 33.3 Å². The minimum absolute atomic E-state index is 0.0114. The minimum Gasteiger partial charge on any atom is -0.375 e. The van der Waals surface area contributed by atoms with E-state index in [2.05, 4.69) is 37.3 Å². The fraction of sp³-hybridized carbons (Fsp3) is 0.429. The Kier molecular flexibility index (Phi) is 5.49. The lowest BCUT2D eigenvalue weighted by Crippen LogP contribution is -2.41. The highest BCUT2D eigenvalue weighted by Crippen LogP contribution is 2.25. The van der Waals surface area contributed by atoms with Gasteiger partial charge in [-0.1, -0.05) is 32.9 Å². The Hall–Kier alpha value is -2.05. The van der Waals surface area contributed by atoms with Gasteiger partial charge >= 0.3 is 0 Å². The number of hydrogen-bond donors (Lipinski definition) is 1. The van der Waals surface area contributed by atoms with E-state index in [1.165, 1.54) is 0 Å². The molecule has 1 N–H and O–H groups in total. The van der Waals surface area contributed by atoms with Crippen LogP contribution in [-0.4, -0.2) is 34.2 Å². The second kappa shape index (κ2) is 7.52. The number of anilines is 2. The fourth-order valence-corrected chi connectivity index (χ4v) is 4.20. The molecular formula is C21H28N2O3S. The van der Waals surface area contributed by atoms with Gasteiger partial charge in [0.25, 0.3) is 10.0 Å². The molecule has 1 heterocycles. The van der Waals surface area contributed by atoms with E-state index in [-0.39, 0.29) is 16.4 Å². The van der Waals surface area contributed by atoms with Gasteiger partial charge in [0.2, 0.25) is 0 Å². The zero-order valence-corrected chi connectivity index (χ0v) is 17.2. The molecule has 146 valence electrons. The van der Waals surface area contributed by atoms with Crippen LogP contribution < -0.4 is 9.62 Å². The number of sulfonamides is 1. The van der Waals surface area contributed by atoms with Crippen LogP contribution in [-0.2, 0) is 20.2 Å². The van der Waals surface area contributed by atoms with Crippen molar-refractivity contribution in [3.63, 3.8) is 0 Å². The lowest BCUT2D eigenvalue weighted by atomic mass is 9.87. The molecule has 0 saturated carbocycles. The Labute approximate surface area is 162 Å². The highest BCUT2D eigenvalue weighted by atomic mass is 32.2. The van der Waals surface area contributed by atoms with E-state index < -0.39 is 10.0 Å². The predicted molar refractivity (Wildman–Crippen MR) is 110 cm³/mol. The van der Waals surface area contributed by atoms with Gasteiger partial charge in [-0.25, -0.2) is 8.42 Å². The van der Waals surface area contributed by atoms with E-state index in [1.54, 1.807) is 24.3 Å². The molecule has 3 rings (SSSR count). The summed E-state index contributed by atoms with van der Waals surface area (Å²) in [5.41, 5.74) is 2.72.